The third kappa shape index (κ3) is 3.70. The average molecular weight is 214 g/mol. The Bertz CT molecular complexity index is 219. The Kier molecular flexibility index (Phi) is 3.97. The van der Waals surface area contributed by atoms with E-state index in [1.807, 2.05) is 25.7 Å². The van der Waals surface area contributed by atoms with Gasteiger partial charge in [0.05, 0.1) is 6.04 Å². The van der Waals surface area contributed by atoms with Gasteiger partial charge in [-0.1, -0.05) is 6.92 Å². The average Bonchev–Trinajstić information content (AvgIpc) is 1.96. The van der Waals surface area contributed by atoms with Crippen molar-refractivity contribution in [2.24, 2.45) is 0 Å². The van der Waals surface area contributed by atoms with E-state index in [4.69, 9.17) is 4.74 Å². The fraction of sp³-hybridized carbons (Fsp3) is 0.909. The summed E-state index contributed by atoms with van der Waals surface area (Å²) >= 11 is 0. The first kappa shape index (κ1) is 12.3. The second-order valence-electron chi connectivity index (χ2n) is 4.99. The quantitative estimate of drug-likeness (QED) is 0.776. The Morgan fingerprint density at radius 3 is 2.40 bits per heavy atom. The topological polar surface area (TPSA) is 41.6 Å². The summed E-state index contributed by atoms with van der Waals surface area (Å²) in [6, 6.07) is 0.319. The van der Waals surface area contributed by atoms with E-state index < -0.39 is 5.60 Å². The van der Waals surface area contributed by atoms with Crippen LogP contribution in [0, 0.1) is 0 Å². The molecule has 0 atom stereocenters. The van der Waals surface area contributed by atoms with Crippen molar-refractivity contribution in [2.75, 3.05) is 19.6 Å². The van der Waals surface area contributed by atoms with Gasteiger partial charge in [0.2, 0.25) is 0 Å². The van der Waals surface area contributed by atoms with Crippen LogP contribution in [-0.2, 0) is 4.74 Å². The lowest BCUT2D eigenvalue weighted by Crippen LogP contribution is -2.59. The van der Waals surface area contributed by atoms with E-state index in [-0.39, 0.29) is 6.09 Å². The molecule has 0 bridgehead atoms. The fourth-order valence-electron chi connectivity index (χ4n) is 1.48. The molecule has 15 heavy (non-hydrogen) atoms. The first-order valence-corrected chi connectivity index (χ1v) is 5.64. The first-order valence-electron chi connectivity index (χ1n) is 5.64. The third-order valence-electron chi connectivity index (χ3n) is 2.29. The van der Waals surface area contributed by atoms with E-state index in [0.717, 1.165) is 26.1 Å². The molecule has 0 aromatic carbocycles. The second kappa shape index (κ2) is 4.84. The van der Waals surface area contributed by atoms with Crippen molar-refractivity contribution in [3.8, 4) is 0 Å². The highest BCUT2D eigenvalue weighted by atomic mass is 16.6. The molecule has 4 nitrogen and oxygen atoms in total. The molecule has 1 saturated heterocycles. The minimum atomic E-state index is -0.403. The van der Waals surface area contributed by atoms with Crippen LogP contribution in [0.4, 0.5) is 4.79 Å². The Morgan fingerprint density at radius 2 is 2.07 bits per heavy atom. The van der Waals surface area contributed by atoms with Crippen LogP contribution in [-0.4, -0.2) is 42.3 Å². The van der Waals surface area contributed by atoms with Crippen molar-refractivity contribution in [1.82, 2.24) is 10.2 Å². The summed E-state index contributed by atoms with van der Waals surface area (Å²) in [5.41, 5.74) is -0.403. The van der Waals surface area contributed by atoms with Gasteiger partial charge in [-0.3, -0.25) is 0 Å². The lowest BCUT2D eigenvalue weighted by molar-refractivity contribution is 0.0104. The van der Waals surface area contributed by atoms with Crippen molar-refractivity contribution >= 4 is 6.09 Å². The van der Waals surface area contributed by atoms with Crippen LogP contribution >= 0.6 is 0 Å². The normalized spacial score (nSPS) is 17.1. The summed E-state index contributed by atoms with van der Waals surface area (Å²) in [6.07, 6.45) is 0.784. The Labute approximate surface area is 92.0 Å². The van der Waals surface area contributed by atoms with Gasteiger partial charge in [-0.2, -0.15) is 0 Å². The van der Waals surface area contributed by atoms with Crippen LogP contribution < -0.4 is 5.32 Å². The SMILES string of the molecule is CCCN(C(=O)OC(C)(C)C)C1CNC1. The molecular formula is C11H22N2O2. The van der Waals surface area contributed by atoms with E-state index in [1.165, 1.54) is 0 Å². The second-order valence-corrected chi connectivity index (χ2v) is 4.99. The smallest absolute Gasteiger partial charge is 0.410 e. The highest BCUT2D eigenvalue weighted by molar-refractivity contribution is 5.68. The van der Waals surface area contributed by atoms with Crippen LogP contribution in [0.2, 0.25) is 0 Å². The number of nitrogens with zero attached hydrogens (tertiary/aromatic N) is 1. The van der Waals surface area contributed by atoms with E-state index in [1.54, 1.807) is 0 Å². The predicted octanol–water partition coefficient (Wildman–Crippen LogP) is 1.61. The molecule has 0 radical (unpaired) electrons. The van der Waals surface area contributed by atoms with Crippen molar-refractivity contribution in [3.63, 3.8) is 0 Å². The van der Waals surface area contributed by atoms with Gasteiger partial charge in [0.25, 0.3) is 0 Å². The van der Waals surface area contributed by atoms with Gasteiger partial charge >= 0.3 is 6.09 Å². The summed E-state index contributed by atoms with van der Waals surface area (Å²) in [6.45, 7) is 10.3. The molecule has 0 aromatic heterocycles. The number of amides is 1. The molecule has 0 aliphatic carbocycles. The minimum Gasteiger partial charge on any atom is -0.444 e. The number of carbonyl (C=O) groups excluding carboxylic acids is 1. The molecule has 1 rings (SSSR count). The van der Waals surface area contributed by atoms with E-state index in [9.17, 15) is 4.79 Å². The summed E-state index contributed by atoms with van der Waals surface area (Å²) < 4.78 is 5.37. The Hall–Kier alpha value is -0.770. The Balaban J connectivity index is 2.50. The van der Waals surface area contributed by atoms with Gasteiger partial charge in [0.15, 0.2) is 0 Å². The summed E-state index contributed by atoms with van der Waals surface area (Å²) in [5.74, 6) is 0. The fourth-order valence-corrected chi connectivity index (χ4v) is 1.48. The maximum atomic E-state index is 11.9. The molecule has 88 valence electrons. The highest BCUT2D eigenvalue weighted by Crippen LogP contribution is 2.14. The van der Waals surface area contributed by atoms with Gasteiger partial charge in [-0.25, -0.2) is 4.79 Å². The standard InChI is InChI=1S/C11H22N2O2/c1-5-6-13(9-7-12-8-9)10(14)15-11(2,3)4/h9,12H,5-8H2,1-4H3. The molecule has 0 aromatic rings. The van der Waals surface area contributed by atoms with Gasteiger partial charge in [-0.05, 0) is 27.2 Å². The van der Waals surface area contributed by atoms with Gasteiger partial charge in [-0.15, -0.1) is 0 Å². The molecule has 1 aliphatic rings. The number of rotatable bonds is 3. The molecule has 1 fully saturated rings. The maximum Gasteiger partial charge on any atom is 0.410 e. The zero-order valence-electron chi connectivity index (χ0n) is 10.2. The van der Waals surface area contributed by atoms with Gasteiger partial charge < -0.3 is 15.0 Å². The summed E-state index contributed by atoms with van der Waals surface area (Å²) in [4.78, 5) is 13.7. The lowest BCUT2D eigenvalue weighted by Gasteiger charge is -2.38. The first-order chi connectivity index (χ1) is 6.94. The number of hydrogen-bond acceptors (Lipinski definition) is 3. The van der Waals surface area contributed by atoms with Crippen LogP contribution in [0.15, 0.2) is 0 Å². The molecule has 1 N–H and O–H groups in total. The maximum absolute atomic E-state index is 11.9. The van der Waals surface area contributed by atoms with Crippen molar-refractivity contribution in [2.45, 2.75) is 45.8 Å². The summed E-state index contributed by atoms with van der Waals surface area (Å²) in [7, 11) is 0. The molecule has 1 aliphatic heterocycles. The highest BCUT2D eigenvalue weighted by Gasteiger charge is 2.30. The third-order valence-corrected chi connectivity index (χ3v) is 2.29. The van der Waals surface area contributed by atoms with Crippen molar-refractivity contribution in [3.05, 3.63) is 0 Å². The molecule has 0 unspecified atom stereocenters. The lowest BCUT2D eigenvalue weighted by atomic mass is 10.1. The van der Waals surface area contributed by atoms with Crippen LogP contribution in [0.3, 0.4) is 0 Å². The number of hydrogen-bond donors (Lipinski definition) is 1. The zero-order valence-corrected chi connectivity index (χ0v) is 10.2. The van der Waals surface area contributed by atoms with E-state index >= 15 is 0 Å². The van der Waals surface area contributed by atoms with E-state index in [0.29, 0.717) is 6.04 Å². The van der Waals surface area contributed by atoms with Crippen LogP contribution in [0.5, 0.6) is 0 Å². The van der Waals surface area contributed by atoms with Crippen LogP contribution in [0.25, 0.3) is 0 Å². The molecule has 0 spiro atoms. The summed E-state index contributed by atoms with van der Waals surface area (Å²) in [5, 5.41) is 3.17. The Morgan fingerprint density at radius 1 is 1.47 bits per heavy atom. The minimum absolute atomic E-state index is 0.184. The van der Waals surface area contributed by atoms with E-state index in [2.05, 4.69) is 12.2 Å². The van der Waals surface area contributed by atoms with Crippen molar-refractivity contribution < 1.29 is 9.53 Å². The number of ether oxygens (including phenoxy) is 1. The molecular weight excluding hydrogens is 192 g/mol. The van der Waals surface area contributed by atoms with Crippen LogP contribution in [0.1, 0.15) is 34.1 Å². The monoisotopic (exact) mass is 214 g/mol. The molecule has 1 amide bonds. The molecule has 4 heteroatoms. The molecule has 0 saturated carbocycles. The predicted molar refractivity (Wildman–Crippen MR) is 59.9 cm³/mol. The zero-order chi connectivity index (χ0) is 11.5. The largest absolute Gasteiger partial charge is 0.444 e. The van der Waals surface area contributed by atoms with Crippen molar-refractivity contribution in [1.29, 1.82) is 0 Å². The number of carbonyl (C=O) groups is 1. The van der Waals surface area contributed by atoms with Gasteiger partial charge in [0, 0.05) is 19.6 Å². The molecule has 1 heterocycles. The number of nitrogens with one attached hydrogen (secondary N) is 1. The van der Waals surface area contributed by atoms with Gasteiger partial charge in [0.1, 0.15) is 5.60 Å².